The fourth-order valence-corrected chi connectivity index (χ4v) is 4.94. The lowest BCUT2D eigenvalue weighted by atomic mass is 10.0. The first-order valence-corrected chi connectivity index (χ1v) is 12.8. The highest BCUT2D eigenvalue weighted by atomic mass is 79.9. The molecule has 3 aromatic heterocycles. The van der Waals surface area contributed by atoms with Crippen LogP contribution in [-0.2, 0) is 11.3 Å². The average molecular weight is 582 g/mol. The van der Waals surface area contributed by atoms with Crippen LogP contribution in [0.25, 0.3) is 39.8 Å². The van der Waals surface area contributed by atoms with Crippen molar-refractivity contribution < 1.29 is 13.9 Å². The fourth-order valence-electron chi connectivity index (χ4n) is 4.07. The molecule has 9 nitrogen and oxygen atoms in total. The van der Waals surface area contributed by atoms with Crippen molar-refractivity contribution in [3.63, 3.8) is 0 Å². The standard InChI is InChI=1S/C26H22BrClN6O3/c1-3-5-10-20-29-24(28)22(26(35)36-4-2)34(20)14-15-11-12-19-18(13-15)21(27)23(37-19)16-8-6-7-9-17(16)25-30-32-33-31-25/h5-13H,3-4,14H2,1-2H3,(H,30,31,32,33). The molecule has 5 rings (SSSR count). The van der Waals surface area contributed by atoms with Crippen LogP contribution >= 0.6 is 27.5 Å². The van der Waals surface area contributed by atoms with Gasteiger partial charge < -0.3 is 13.7 Å². The summed E-state index contributed by atoms with van der Waals surface area (Å²) in [5.74, 6) is 1.19. The number of tetrazole rings is 1. The third-order valence-corrected chi connectivity index (χ3v) is 6.77. The summed E-state index contributed by atoms with van der Waals surface area (Å²) >= 11 is 10.1. The number of fused-ring (bicyclic) bond motifs is 1. The largest absolute Gasteiger partial charge is 0.461 e. The van der Waals surface area contributed by atoms with E-state index in [1.807, 2.05) is 61.5 Å². The zero-order chi connectivity index (χ0) is 25.9. The van der Waals surface area contributed by atoms with Crippen LogP contribution in [0.15, 0.2) is 57.4 Å². The van der Waals surface area contributed by atoms with Crippen LogP contribution in [0, 0.1) is 0 Å². The summed E-state index contributed by atoms with van der Waals surface area (Å²) < 4.78 is 14.1. The molecule has 37 heavy (non-hydrogen) atoms. The molecule has 1 N–H and O–H groups in total. The summed E-state index contributed by atoms with van der Waals surface area (Å²) in [5, 5.41) is 15.4. The number of aromatic nitrogens is 6. The molecule has 0 radical (unpaired) electrons. The van der Waals surface area contributed by atoms with Crippen LogP contribution in [0.4, 0.5) is 0 Å². The number of halogens is 2. The molecule has 0 amide bonds. The maximum atomic E-state index is 12.7. The third kappa shape index (κ3) is 4.82. The Labute approximate surface area is 225 Å². The highest BCUT2D eigenvalue weighted by Gasteiger charge is 2.23. The van der Waals surface area contributed by atoms with Gasteiger partial charge in [0.2, 0.25) is 5.82 Å². The average Bonchev–Trinajstić information content (AvgIpc) is 3.62. The number of rotatable bonds is 8. The van der Waals surface area contributed by atoms with Gasteiger partial charge in [0.05, 0.1) is 11.1 Å². The lowest BCUT2D eigenvalue weighted by Gasteiger charge is -2.10. The first-order chi connectivity index (χ1) is 18.0. The molecule has 188 valence electrons. The van der Waals surface area contributed by atoms with E-state index < -0.39 is 5.97 Å². The Morgan fingerprint density at radius 1 is 1.22 bits per heavy atom. The first kappa shape index (κ1) is 24.9. The summed E-state index contributed by atoms with van der Waals surface area (Å²) in [5.41, 5.74) is 3.47. The van der Waals surface area contributed by atoms with Crippen molar-refractivity contribution in [1.82, 2.24) is 30.2 Å². The molecule has 0 fully saturated rings. The van der Waals surface area contributed by atoms with E-state index in [-0.39, 0.29) is 17.5 Å². The molecule has 0 atom stereocenters. The van der Waals surface area contributed by atoms with Gasteiger partial charge in [-0.1, -0.05) is 54.9 Å². The molecule has 2 aromatic carbocycles. The van der Waals surface area contributed by atoms with Crippen molar-refractivity contribution >= 4 is 50.5 Å². The second kappa shape index (κ2) is 10.7. The highest BCUT2D eigenvalue weighted by molar-refractivity contribution is 9.10. The van der Waals surface area contributed by atoms with Crippen LogP contribution in [-0.4, -0.2) is 42.8 Å². The summed E-state index contributed by atoms with van der Waals surface area (Å²) in [6.45, 7) is 4.38. The van der Waals surface area contributed by atoms with E-state index in [9.17, 15) is 4.79 Å². The van der Waals surface area contributed by atoms with Gasteiger partial charge >= 0.3 is 5.97 Å². The number of hydrogen-bond acceptors (Lipinski definition) is 7. The molecule has 0 bridgehead atoms. The summed E-state index contributed by atoms with van der Waals surface area (Å²) in [6, 6.07) is 13.6. The molecule has 3 heterocycles. The van der Waals surface area contributed by atoms with Crippen LogP contribution in [0.1, 0.15) is 42.1 Å². The second-order valence-corrected chi connectivity index (χ2v) is 9.23. The van der Waals surface area contributed by atoms with Crippen molar-refractivity contribution in [2.75, 3.05) is 6.61 Å². The number of esters is 1. The maximum absolute atomic E-state index is 12.7. The quantitative estimate of drug-likeness (QED) is 0.207. The number of aromatic amines is 1. The molecular formula is C26H22BrClN6O3. The minimum absolute atomic E-state index is 0.111. The first-order valence-electron chi connectivity index (χ1n) is 11.7. The van der Waals surface area contributed by atoms with Crippen LogP contribution in [0.5, 0.6) is 0 Å². The number of nitrogens with zero attached hydrogens (tertiary/aromatic N) is 5. The number of allylic oxidation sites excluding steroid dienone is 1. The molecule has 0 aliphatic carbocycles. The lowest BCUT2D eigenvalue weighted by Crippen LogP contribution is -2.14. The van der Waals surface area contributed by atoms with Gasteiger partial charge in [-0.15, -0.1) is 10.2 Å². The topological polar surface area (TPSA) is 112 Å². The zero-order valence-corrected chi connectivity index (χ0v) is 22.4. The van der Waals surface area contributed by atoms with Crippen molar-refractivity contribution in [3.8, 4) is 22.7 Å². The predicted octanol–water partition coefficient (Wildman–Crippen LogP) is 6.54. The van der Waals surface area contributed by atoms with Gasteiger partial charge in [0.25, 0.3) is 0 Å². The Morgan fingerprint density at radius 2 is 2.03 bits per heavy atom. The van der Waals surface area contributed by atoms with Crippen molar-refractivity contribution in [1.29, 1.82) is 0 Å². The molecule has 0 unspecified atom stereocenters. The summed E-state index contributed by atoms with van der Waals surface area (Å²) in [7, 11) is 0. The third-order valence-electron chi connectivity index (χ3n) is 5.72. The number of nitrogens with one attached hydrogen (secondary N) is 1. The lowest BCUT2D eigenvalue weighted by molar-refractivity contribution is 0.0514. The number of carbonyl (C=O) groups excluding carboxylic acids is 1. The van der Waals surface area contributed by atoms with E-state index in [0.29, 0.717) is 29.5 Å². The van der Waals surface area contributed by atoms with Gasteiger partial charge in [0.15, 0.2) is 10.8 Å². The molecule has 11 heteroatoms. The van der Waals surface area contributed by atoms with Gasteiger partial charge in [0, 0.05) is 23.1 Å². The van der Waals surface area contributed by atoms with E-state index in [2.05, 4.69) is 41.5 Å². The number of ether oxygens (including phenoxy) is 1. The molecule has 0 saturated heterocycles. The Balaban J connectivity index is 1.57. The number of carbonyl (C=O) groups is 1. The molecule has 0 saturated carbocycles. The summed E-state index contributed by atoms with van der Waals surface area (Å²) in [4.78, 5) is 17.1. The van der Waals surface area contributed by atoms with Crippen molar-refractivity contribution in [2.45, 2.75) is 26.8 Å². The number of H-pyrrole nitrogens is 1. The van der Waals surface area contributed by atoms with E-state index in [1.54, 1.807) is 11.5 Å². The van der Waals surface area contributed by atoms with Gasteiger partial charge in [-0.25, -0.2) is 9.78 Å². The Morgan fingerprint density at radius 3 is 2.76 bits per heavy atom. The molecule has 0 aliphatic heterocycles. The van der Waals surface area contributed by atoms with Gasteiger partial charge in [-0.2, -0.15) is 5.21 Å². The van der Waals surface area contributed by atoms with Gasteiger partial charge in [-0.05, 0) is 58.3 Å². The minimum atomic E-state index is -0.512. The fraction of sp³-hybridized carbons (Fsp3) is 0.192. The highest BCUT2D eigenvalue weighted by Crippen LogP contribution is 2.41. The van der Waals surface area contributed by atoms with Crippen molar-refractivity contribution in [3.05, 3.63) is 75.2 Å². The predicted molar refractivity (Wildman–Crippen MR) is 144 cm³/mol. The number of furan rings is 1. The normalized spacial score (nSPS) is 11.6. The molecule has 5 aromatic rings. The van der Waals surface area contributed by atoms with Gasteiger partial charge in [0.1, 0.15) is 17.2 Å². The molecular weight excluding hydrogens is 560 g/mol. The Kier molecular flexibility index (Phi) is 7.20. The smallest absolute Gasteiger partial charge is 0.358 e. The van der Waals surface area contributed by atoms with Gasteiger partial charge in [-0.3, -0.25) is 0 Å². The van der Waals surface area contributed by atoms with Crippen LogP contribution < -0.4 is 0 Å². The van der Waals surface area contributed by atoms with E-state index >= 15 is 0 Å². The number of benzene rings is 2. The SMILES string of the molecule is CCC=Cc1nc(Cl)c(C(=O)OCC)n1Cc1ccc2oc(-c3ccccc3-c3nn[nH]n3)c(Br)c2c1. The minimum Gasteiger partial charge on any atom is -0.461 e. The van der Waals surface area contributed by atoms with Crippen molar-refractivity contribution in [2.24, 2.45) is 0 Å². The van der Waals surface area contributed by atoms with E-state index in [1.165, 1.54) is 0 Å². The monoisotopic (exact) mass is 580 g/mol. The Bertz CT molecular complexity index is 1610. The van der Waals surface area contributed by atoms with E-state index in [4.69, 9.17) is 20.8 Å². The maximum Gasteiger partial charge on any atom is 0.358 e. The Hall–Kier alpha value is -3.76. The van der Waals surface area contributed by atoms with E-state index in [0.717, 1.165) is 33.0 Å². The zero-order valence-electron chi connectivity index (χ0n) is 20.0. The summed E-state index contributed by atoms with van der Waals surface area (Å²) in [6.07, 6.45) is 4.64. The number of imidazole rings is 1. The second-order valence-electron chi connectivity index (χ2n) is 8.08. The molecule has 0 spiro atoms. The van der Waals surface area contributed by atoms with Crippen LogP contribution in [0.2, 0.25) is 5.15 Å². The van der Waals surface area contributed by atoms with Crippen LogP contribution in [0.3, 0.4) is 0 Å². The number of hydrogen-bond donors (Lipinski definition) is 1. The molecule has 0 aliphatic rings.